The van der Waals surface area contributed by atoms with Gasteiger partial charge in [-0.15, -0.1) is 0 Å². The first-order valence-electron chi connectivity index (χ1n) is 8.38. The monoisotopic (exact) mass is 291 g/mol. The van der Waals surface area contributed by atoms with Crippen molar-refractivity contribution in [3.8, 4) is 5.88 Å². The van der Waals surface area contributed by atoms with E-state index in [0.29, 0.717) is 12.0 Å². The fraction of sp³-hybridized carbons (Fsp3) is 0.765. The second kappa shape index (κ2) is 7.62. The van der Waals surface area contributed by atoms with Crippen LogP contribution in [-0.2, 0) is 0 Å². The summed E-state index contributed by atoms with van der Waals surface area (Å²) in [5.74, 6) is 3.53. The lowest BCUT2D eigenvalue weighted by Gasteiger charge is -2.27. The van der Waals surface area contributed by atoms with E-state index in [4.69, 9.17) is 4.74 Å². The molecule has 1 saturated carbocycles. The van der Waals surface area contributed by atoms with Crippen LogP contribution in [0.4, 0.5) is 5.82 Å². The first kappa shape index (κ1) is 16.1. The van der Waals surface area contributed by atoms with Crippen LogP contribution in [0.25, 0.3) is 0 Å². The van der Waals surface area contributed by atoms with Gasteiger partial charge >= 0.3 is 0 Å². The summed E-state index contributed by atoms with van der Waals surface area (Å²) in [5.41, 5.74) is 0. The molecule has 1 aromatic rings. The fourth-order valence-electron chi connectivity index (χ4n) is 2.76. The Morgan fingerprint density at radius 2 is 2.14 bits per heavy atom. The SMILES string of the molecule is CCCNc1cc(OC2CCCC(C)C2)nc(C(C)C)n1. The summed E-state index contributed by atoms with van der Waals surface area (Å²) < 4.78 is 6.15. The van der Waals surface area contributed by atoms with Crippen molar-refractivity contribution in [2.24, 2.45) is 5.92 Å². The van der Waals surface area contributed by atoms with Crippen molar-refractivity contribution >= 4 is 5.82 Å². The Hall–Kier alpha value is -1.32. The maximum Gasteiger partial charge on any atom is 0.219 e. The topological polar surface area (TPSA) is 47.0 Å². The molecule has 2 atom stereocenters. The van der Waals surface area contributed by atoms with Gasteiger partial charge in [0.1, 0.15) is 17.7 Å². The van der Waals surface area contributed by atoms with Gasteiger partial charge < -0.3 is 10.1 Å². The molecule has 0 saturated heterocycles. The van der Waals surface area contributed by atoms with Crippen LogP contribution in [0.1, 0.15) is 71.5 Å². The summed E-state index contributed by atoms with van der Waals surface area (Å²) in [4.78, 5) is 9.16. The molecule has 1 heterocycles. The fourth-order valence-corrected chi connectivity index (χ4v) is 2.76. The Bertz CT molecular complexity index is 448. The Balaban J connectivity index is 2.11. The predicted octanol–water partition coefficient (Wildman–Crippen LogP) is 4.38. The smallest absolute Gasteiger partial charge is 0.219 e. The van der Waals surface area contributed by atoms with Gasteiger partial charge in [-0.3, -0.25) is 0 Å². The maximum absolute atomic E-state index is 6.15. The molecule has 0 aliphatic heterocycles. The van der Waals surface area contributed by atoms with Gasteiger partial charge in [-0.25, -0.2) is 4.98 Å². The van der Waals surface area contributed by atoms with E-state index in [0.717, 1.165) is 49.2 Å². The molecule has 4 nitrogen and oxygen atoms in total. The minimum absolute atomic E-state index is 0.306. The highest BCUT2D eigenvalue weighted by Crippen LogP contribution is 2.28. The van der Waals surface area contributed by atoms with Crippen LogP contribution < -0.4 is 10.1 Å². The number of aromatic nitrogens is 2. The number of anilines is 1. The Kier molecular flexibility index (Phi) is 5.83. The molecule has 0 spiro atoms. The molecule has 0 radical (unpaired) electrons. The average molecular weight is 291 g/mol. The van der Waals surface area contributed by atoms with Crippen LogP contribution in [0, 0.1) is 5.92 Å². The summed E-state index contributed by atoms with van der Waals surface area (Å²) in [5, 5.41) is 3.34. The summed E-state index contributed by atoms with van der Waals surface area (Å²) in [6.07, 6.45) is 6.25. The molecule has 4 heteroatoms. The molecule has 0 bridgehead atoms. The van der Waals surface area contributed by atoms with E-state index in [1.165, 1.54) is 12.8 Å². The zero-order valence-corrected chi connectivity index (χ0v) is 13.9. The maximum atomic E-state index is 6.15. The van der Waals surface area contributed by atoms with Crippen molar-refractivity contribution in [1.82, 2.24) is 9.97 Å². The van der Waals surface area contributed by atoms with Gasteiger partial charge in [0.05, 0.1) is 0 Å². The van der Waals surface area contributed by atoms with E-state index in [9.17, 15) is 0 Å². The lowest BCUT2D eigenvalue weighted by atomic mass is 9.89. The van der Waals surface area contributed by atoms with Crippen molar-refractivity contribution in [2.75, 3.05) is 11.9 Å². The average Bonchev–Trinajstić information content (AvgIpc) is 2.45. The molecule has 2 unspecified atom stereocenters. The van der Waals surface area contributed by atoms with Crippen molar-refractivity contribution in [1.29, 1.82) is 0 Å². The zero-order chi connectivity index (χ0) is 15.2. The van der Waals surface area contributed by atoms with E-state index in [2.05, 4.69) is 43.0 Å². The van der Waals surface area contributed by atoms with Crippen LogP contribution >= 0.6 is 0 Å². The first-order chi connectivity index (χ1) is 10.1. The third-order valence-electron chi connectivity index (χ3n) is 3.97. The van der Waals surface area contributed by atoms with Crippen molar-refractivity contribution in [3.63, 3.8) is 0 Å². The molecule has 1 N–H and O–H groups in total. The molecule has 2 rings (SSSR count). The molecule has 1 aliphatic carbocycles. The zero-order valence-electron chi connectivity index (χ0n) is 13.9. The lowest BCUT2D eigenvalue weighted by molar-refractivity contribution is 0.123. The molecule has 1 fully saturated rings. The predicted molar refractivity (Wildman–Crippen MR) is 86.9 cm³/mol. The molecule has 118 valence electrons. The minimum Gasteiger partial charge on any atom is -0.474 e. The number of hydrogen-bond donors (Lipinski definition) is 1. The van der Waals surface area contributed by atoms with Crippen molar-refractivity contribution in [2.45, 2.75) is 71.8 Å². The number of nitrogens with one attached hydrogen (secondary N) is 1. The van der Waals surface area contributed by atoms with Crippen LogP contribution in [0.15, 0.2) is 6.07 Å². The minimum atomic E-state index is 0.306. The second-order valence-electron chi connectivity index (χ2n) is 6.54. The normalized spacial score (nSPS) is 22.3. The molecular weight excluding hydrogens is 262 g/mol. The number of nitrogens with zero attached hydrogens (tertiary/aromatic N) is 2. The number of hydrogen-bond acceptors (Lipinski definition) is 4. The van der Waals surface area contributed by atoms with Gasteiger partial charge in [-0.1, -0.05) is 34.1 Å². The highest BCUT2D eigenvalue weighted by atomic mass is 16.5. The molecule has 0 aromatic carbocycles. The summed E-state index contributed by atoms with van der Waals surface area (Å²) in [6, 6.07) is 1.95. The van der Waals surface area contributed by atoms with Crippen LogP contribution in [0.2, 0.25) is 0 Å². The van der Waals surface area contributed by atoms with Crippen LogP contribution in [0.3, 0.4) is 0 Å². The standard InChI is InChI=1S/C17H29N3O/c1-5-9-18-15-11-16(20-17(19-15)12(2)3)21-14-8-6-7-13(4)10-14/h11-14H,5-10H2,1-4H3,(H,18,19,20). The molecular formula is C17H29N3O. The van der Waals surface area contributed by atoms with Gasteiger partial charge in [-0.05, 0) is 31.6 Å². The van der Waals surface area contributed by atoms with E-state index in [1.54, 1.807) is 0 Å². The number of ether oxygens (including phenoxy) is 1. The van der Waals surface area contributed by atoms with Crippen LogP contribution in [0.5, 0.6) is 5.88 Å². The van der Waals surface area contributed by atoms with Gasteiger partial charge in [0.15, 0.2) is 0 Å². The lowest BCUT2D eigenvalue weighted by Crippen LogP contribution is -2.24. The van der Waals surface area contributed by atoms with E-state index < -0.39 is 0 Å². The third kappa shape index (κ3) is 4.87. The summed E-state index contributed by atoms with van der Waals surface area (Å²) >= 11 is 0. The molecule has 1 aliphatic rings. The number of rotatable bonds is 6. The van der Waals surface area contributed by atoms with Crippen LogP contribution in [-0.4, -0.2) is 22.6 Å². The first-order valence-corrected chi connectivity index (χ1v) is 8.38. The van der Waals surface area contributed by atoms with E-state index >= 15 is 0 Å². The largest absolute Gasteiger partial charge is 0.474 e. The van der Waals surface area contributed by atoms with Crippen molar-refractivity contribution in [3.05, 3.63) is 11.9 Å². The molecule has 21 heavy (non-hydrogen) atoms. The highest BCUT2D eigenvalue weighted by molar-refractivity contribution is 5.38. The van der Waals surface area contributed by atoms with E-state index in [-0.39, 0.29) is 0 Å². The van der Waals surface area contributed by atoms with Crippen molar-refractivity contribution < 1.29 is 4.74 Å². The Morgan fingerprint density at radius 1 is 1.33 bits per heavy atom. The summed E-state index contributed by atoms with van der Waals surface area (Å²) in [7, 11) is 0. The van der Waals surface area contributed by atoms with Gasteiger partial charge in [0.25, 0.3) is 0 Å². The van der Waals surface area contributed by atoms with Gasteiger partial charge in [0, 0.05) is 18.5 Å². The van der Waals surface area contributed by atoms with E-state index in [1.807, 2.05) is 6.07 Å². The molecule has 1 aromatic heterocycles. The van der Waals surface area contributed by atoms with Gasteiger partial charge in [-0.2, -0.15) is 4.98 Å². The molecule has 0 amide bonds. The third-order valence-corrected chi connectivity index (χ3v) is 3.97. The Labute approximate surface area is 128 Å². The van der Waals surface area contributed by atoms with Gasteiger partial charge in [0.2, 0.25) is 5.88 Å². The Morgan fingerprint density at radius 3 is 2.81 bits per heavy atom. The highest BCUT2D eigenvalue weighted by Gasteiger charge is 2.21. The summed E-state index contributed by atoms with van der Waals surface area (Å²) in [6.45, 7) is 9.62. The second-order valence-corrected chi connectivity index (χ2v) is 6.54. The quantitative estimate of drug-likeness (QED) is 0.845.